The minimum absolute atomic E-state index is 0.145. The van der Waals surface area contributed by atoms with E-state index in [0.29, 0.717) is 34.2 Å². The van der Waals surface area contributed by atoms with Crippen molar-refractivity contribution in [3.63, 3.8) is 0 Å². The van der Waals surface area contributed by atoms with Crippen LogP contribution in [-0.4, -0.2) is 50.0 Å². The summed E-state index contributed by atoms with van der Waals surface area (Å²) in [6.07, 6.45) is 2.81. The molecule has 5 rings (SSSR count). The fourth-order valence-electron chi connectivity index (χ4n) is 4.33. The highest BCUT2D eigenvalue weighted by Gasteiger charge is 2.24. The number of hydrogen-bond donors (Lipinski definition) is 2. The molecule has 31 heavy (non-hydrogen) atoms. The van der Waals surface area contributed by atoms with E-state index in [-0.39, 0.29) is 5.52 Å². The number of anilines is 1. The number of nitrogens with zero attached hydrogens (tertiary/aromatic N) is 5. The molecule has 0 spiro atoms. The predicted octanol–water partition coefficient (Wildman–Crippen LogP) is 3.60. The monoisotopic (exact) mass is 420 g/mol. The molecule has 1 aliphatic heterocycles. The number of nitrogens with one attached hydrogen (secondary N) is 1. The summed E-state index contributed by atoms with van der Waals surface area (Å²) in [6, 6.07) is 10.2. The van der Waals surface area contributed by atoms with Gasteiger partial charge in [-0.05, 0) is 36.8 Å². The third-order valence-electron chi connectivity index (χ3n) is 5.71. The molecule has 1 aliphatic rings. The SMILES string of the molecule is CC(C)N[C@@H]1CCN(c2ccc3nc(-c4cc5cn(C)nc5c(F)c4O)ccc3n2)C1. The second-order valence-electron chi connectivity index (χ2n) is 8.48. The molecule has 3 aromatic heterocycles. The maximum Gasteiger partial charge on any atom is 0.193 e. The van der Waals surface area contributed by atoms with Gasteiger partial charge in [0.15, 0.2) is 11.6 Å². The van der Waals surface area contributed by atoms with Gasteiger partial charge in [-0.3, -0.25) is 4.68 Å². The molecule has 0 aliphatic carbocycles. The van der Waals surface area contributed by atoms with Gasteiger partial charge in [0, 0.05) is 49.4 Å². The van der Waals surface area contributed by atoms with Crippen LogP contribution in [0.25, 0.3) is 33.2 Å². The first-order valence-corrected chi connectivity index (χ1v) is 10.5. The lowest BCUT2D eigenvalue weighted by molar-refractivity contribution is 0.437. The molecule has 4 aromatic rings. The van der Waals surface area contributed by atoms with Crippen LogP contribution in [0.2, 0.25) is 0 Å². The predicted molar refractivity (Wildman–Crippen MR) is 120 cm³/mol. The molecule has 1 saturated heterocycles. The Labute approximate surface area is 179 Å². The minimum atomic E-state index is -0.734. The van der Waals surface area contributed by atoms with Crippen molar-refractivity contribution in [2.24, 2.45) is 7.05 Å². The van der Waals surface area contributed by atoms with Crippen molar-refractivity contribution in [2.45, 2.75) is 32.4 Å². The van der Waals surface area contributed by atoms with Crippen molar-refractivity contribution in [3.05, 3.63) is 42.3 Å². The summed E-state index contributed by atoms with van der Waals surface area (Å²) < 4.78 is 16.2. The highest BCUT2D eigenvalue weighted by Crippen LogP contribution is 2.36. The van der Waals surface area contributed by atoms with Crippen molar-refractivity contribution >= 4 is 27.8 Å². The summed E-state index contributed by atoms with van der Waals surface area (Å²) in [6.45, 7) is 6.22. The summed E-state index contributed by atoms with van der Waals surface area (Å²) >= 11 is 0. The summed E-state index contributed by atoms with van der Waals surface area (Å²) in [5, 5.41) is 18.7. The van der Waals surface area contributed by atoms with Crippen LogP contribution in [0.4, 0.5) is 10.2 Å². The number of aryl methyl sites for hydroxylation is 1. The van der Waals surface area contributed by atoms with E-state index >= 15 is 0 Å². The molecule has 0 radical (unpaired) electrons. The van der Waals surface area contributed by atoms with E-state index in [1.165, 1.54) is 4.68 Å². The van der Waals surface area contributed by atoms with Crippen LogP contribution in [0.3, 0.4) is 0 Å². The molecular weight excluding hydrogens is 395 g/mol. The summed E-state index contributed by atoms with van der Waals surface area (Å²) in [7, 11) is 1.72. The first-order chi connectivity index (χ1) is 14.9. The van der Waals surface area contributed by atoms with Crippen molar-refractivity contribution in [1.82, 2.24) is 25.1 Å². The highest BCUT2D eigenvalue weighted by molar-refractivity contribution is 5.89. The zero-order valence-electron chi connectivity index (χ0n) is 17.8. The Morgan fingerprint density at radius 1 is 1.16 bits per heavy atom. The molecule has 0 bridgehead atoms. The zero-order chi connectivity index (χ0) is 21.7. The van der Waals surface area contributed by atoms with Gasteiger partial charge < -0.3 is 15.3 Å². The van der Waals surface area contributed by atoms with Crippen LogP contribution in [-0.2, 0) is 7.05 Å². The van der Waals surface area contributed by atoms with E-state index in [1.54, 1.807) is 25.4 Å². The molecule has 8 heteroatoms. The van der Waals surface area contributed by atoms with Gasteiger partial charge in [-0.15, -0.1) is 0 Å². The smallest absolute Gasteiger partial charge is 0.193 e. The van der Waals surface area contributed by atoms with Crippen molar-refractivity contribution < 1.29 is 9.50 Å². The number of benzene rings is 1. The number of fused-ring (bicyclic) bond motifs is 2. The van der Waals surface area contributed by atoms with E-state index in [4.69, 9.17) is 4.98 Å². The fraction of sp³-hybridized carbons (Fsp3) is 0.348. The molecule has 0 amide bonds. The first kappa shape index (κ1) is 19.7. The quantitative estimate of drug-likeness (QED) is 0.525. The van der Waals surface area contributed by atoms with Crippen molar-refractivity contribution in [3.8, 4) is 17.0 Å². The van der Waals surface area contributed by atoms with E-state index in [1.807, 2.05) is 18.2 Å². The number of phenols is 1. The Balaban J connectivity index is 1.47. The zero-order valence-corrected chi connectivity index (χ0v) is 17.8. The lowest BCUT2D eigenvalue weighted by Gasteiger charge is -2.19. The van der Waals surface area contributed by atoms with Crippen molar-refractivity contribution in [1.29, 1.82) is 0 Å². The Hall–Kier alpha value is -3.26. The molecule has 7 nitrogen and oxygen atoms in total. The van der Waals surface area contributed by atoms with Gasteiger partial charge in [0.2, 0.25) is 0 Å². The molecule has 1 fully saturated rings. The summed E-state index contributed by atoms with van der Waals surface area (Å²) in [5.41, 5.74) is 2.44. The lowest BCUT2D eigenvalue weighted by atomic mass is 10.1. The van der Waals surface area contributed by atoms with Gasteiger partial charge in [-0.1, -0.05) is 13.8 Å². The third kappa shape index (κ3) is 3.57. The lowest BCUT2D eigenvalue weighted by Crippen LogP contribution is -2.37. The van der Waals surface area contributed by atoms with Gasteiger partial charge in [0.1, 0.15) is 11.3 Å². The number of rotatable bonds is 4. The maximum absolute atomic E-state index is 14.6. The molecule has 160 valence electrons. The molecule has 0 unspecified atom stereocenters. The highest BCUT2D eigenvalue weighted by atomic mass is 19.1. The number of hydrogen-bond acceptors (Lipinski definition) is 6. The number of aromatic hydroxyl groups is 1. The van der Waals surface area contributed by atoms with Gasteiger partial charge >= 0.3 is 0 Å². The number of aromatic nitrogens is 4. The van der Waals surface area contributed by atoms with E-state index in [2.05, 4.69) is 34.1 Å². The molecule has 2 N–H and O–H groups in total. The van der Waals surface area contributed by atoms with E-state index in [0.717, 1.165) is 30.8 Å². The Bertz CT molecular complexity index is 1280. The van der Waals surface area contributed by atoms with Crippen LogP contribution in [0.5, 0.6) is 5.75 Å². The Morgan fingerprint density at radius 2 is 1.94 bits per heavy atom. The van der Waals surface area contributed by atoms with E-state index in [9.17, 15) is 9.50 Å². The van der Waals surface area contributed by atoms with Gasteiger partial charge in [-0.25, -0.2) is 14.4 Å². The molecule has 0 saturated carbocycles. The number of phenolic OH excluding ortho intramolecular Hbond substituents is 1. The van der Waals surface area contributed by atoms with Gasteiger partial charge in [0.05, 0.1) is 16.7 Å². The normalized spacial score (nSPS) is 16.8. The topological polar surface area (TPSA) is 79.1 Å². The average molecular weight is 420 g/mol. The largest absolute Gasteiger partial charge is 0.504 e. The van der Waals surface area contributed by atoms with E-state index < -0.39 is 11.6 Å². The molecule has 4 heterocycles. The average Bonchev–Trinajstić information content (AvgIpc) is 3.35. The number of halogens is 1. The van der Waals surface area contributed by atoms with Crippen LogP contribution in [0, 0.1) is 5.82 Å². The van der Waals surface area contributed by atoms with Crippen LogP contribution in [0.1, 0.15) is 20.3 Å². The second kappa shape index (κ2) is 7.46. The van der Waals surface area contributed by atoms with Crippen LogP contribution < -0.4 is 10.2 Å². The standard InChI is InChI=1S/C23H25FN6O/c1-13(2)25-15-8-9-30(12-15)20-7-6-18-19(27-20)5-4-17(26-18)16-10-14-11-29(3)28-22(14)21(24)23(16)31/h4-7,10-11,13,15,25,31H,8-9,12H2,1-3H3/t15-/m1/s1. The Morgan fingerprint density at radius 3 is 2.74 bits per heavy atom. The number of pyridine rings is 2. The van der Waals surface area contributed by atoms with Gasteiger partial charge in [0.25, 0.3) is 0 Å². The molecule has 1 aromatic carbocycles. The van der Waals surface area contributed by atoms with Crippen LogP contribution >= 0.6 is 0 Å². The summed E-state index contributed by atoms with van der Waals surface area (Å²) in [5.74, 6) is -0.244. The van der Waals surface area contributed by atoms with Crippen LogP contribution in [0.15, 0.2) is 36.5 Å². The van der Waals surface area contributed by atoms with Crippen molar-refractivity contribution in [2.75, 3.05) is 18.0 Å². The maximum atomic E-state index is 14.6. The summed E-state index contributed by atoms with van der Waals surface area (Å²) in [4.78, 5) is 11.7. The molecular formula is C23H25FN6O. The molecule has 1 atom stereocenters. The minimum Gasteiger partial charge on any atom is -0.504 e. The van der Waals surface area contributed by atoms with Gasteiger partial charge in [-0.2, -0.15) is 5.10 Å². The Kier molecular flexibility index (Phi) is 4.74. The third-order valence-corrected chi connectivity index (χ3v) is 5.71. The second-order valence-corrected chi connectivity index (χ2v) is 8.48. The first-order valence-electron chi connectivity index (χ1n) is 10.5. The fourth-order valence-corrected chi connectivity index (χ4v) is 4.33.